The molecule has 0 aliphatic heterocycles. The molecule has 2 aromatic carbocycles. The van der Waals surface area contributed by atoms with Gasteiger partial charge >= 0.3 is 0 Å². The predicted molar refractivity (Wildman–Crippen MR) is 102 cm³/mol. The molecule has 0 saturated heterocycles. The highest BCUT2D eigenvalue weighted by Gasteiger charge is 2.09. The maximum Gasteiger partial charge on any atom is 0.258 e. The van der Waals surface area contributed by atoms with Gasteiger partial charge in [0.15, 0.2) is 18.1 Å². The number of rotatable bonds is 8. The van der Waals surface area contributed by atoms with Crippen LogP contribution < -0.4 is 19.5 Å². The molecule has 5 heteroatoms. The smallest absolute Gasteiger partial charge is 0.258 e. The van der Waals surface area contributed by atoms with Crippen LogP contribution >= 0.6 is 0 Å². The van der Waals surface area contributed by atoms with Crippen molar-refractivity contribution in [2.24, 2.45) is 0 Å². The molecule has 0 aliphatic carbocycles. The second-order valence-corrected chi connectivity index (χ2v) is 6.49. The zero-order chi connectivity index (χ0) is 19.1. The first-order valence-corrected chi connectivity index (χ1v) is 8.69. The van der Waals surface area contributed by atoms with Crippen LogP contribution in [0, 0.1) is 13.8 Å². The van der Waals surface area contributed by atoms with E-state index in [4.69, 9.17) is 14.2 Å². The number of ether oxygens (including phenoxy) is 3. The number of methoxy groups -OCH3 is 1. The lowest BCUT2D eigenvalue weighted by Gasteiger charge is -2.15. The van der Waals surface area contributed by atoms with Crippen LogP contribution in [0.15, 0.2) is 36.4 Å². The molecule has 26 heavy (non-hydrogen) atoms. The van der Waals surface area contributed by atoms with Gasteiger partial charge in [-0.25, -0.2) is 0 Å². The van der Waals surface area contributed by atoms with Crippen molar-refractivity contribution in [2.45, 2.75) is 40.3 Å². The number of hydrogen-bond acceptors (Lipinski definition) is 4. The number of amides is 1. The Morgan fingerprint density at radius 1 is 1.04 bits per heavy atom. The largest absolute Gasteiger partial charge is 0.493 e. The molecule has 0 atom stereocenters. The molecule has 0 aliphatic rings. The maximum absolute atomic E-state index is 12.1. The fourth-order valence-electron chi connectivity index (χ4n) is 2.43. The second-order valence-electron chi connectivity index (χ2n) is 6.49. The van der Waals surface area contributed by atoms with Gasteiger partial charge in [0.2, 0.25) is 0 Å². The van der Waals surface area contributed by atoms with E-state index < -0.39 is 0 Å². The van der Waals surface area contributed by atoms with Gasteiger partial charge in [0.1, 0.15) is 5.75 Å². The van der Waals surface area contributed by atoms with E-state index >= 15 is 0 Å². The van der Waals surface area contributed by atoms with Gasteiger partial charge in [0.05, 0.1) is 13.2 Å². The third-order valence-electron chi connectivity index (χ3n) is 3.78. The standard InChI is InChI=1S/C21H27NO4/c1-14(2)26-18-9-8-17(11-20(18)24-5)12-22-21(23)13-25-19-10-15(3)6-7-16(19)4/h6-11,14H,12-13H2,1-5H3,(H,22,23). The zero-order valence-corrected chi connectivity index (χ0v) is 16.1. The number of carbonyl (C=O) groups excluding carboxylic acids is 1. The number of aryl methyl sites for hydroxylation is 2. The van der Waals surface area contributed by atoms with Gasteiger partial charge < -0.3 is 19.5 Å². The normalized spacial score (nSPS) is 10.5. The number of benzene rings is 2. The van der Waals surface area contributed by atoms with Crippen molar-refractivity contribution >= 4 is 5.91 Å². The lowest BCUT2D eigenvalue weighted by molar-refractivity contribution is -0.123. The Kier molecular flexibility index (Phi) is 6.89. The van der Waals surface area contributed by atoms with Crippen LogP contribution in [0.1, 0.15) is 30.5 Å². The summed E-state index contributed by atoms with van der Waals surface area (Å²) < 4.78 is 16.7. The molecule has 0 aromatic heterocycles. The number of hydrogen-bond donors (Lipinski definition) is 1. The van der Waals surface area contributed by atoms with Crippen molar-refractivity contribution < 1.29 is 19.0 Å². The minimum absolute atomic E-state index is 0.0179. The van der Waals surface area contributed by atoms with Gasteiger partial charge in [0, 0.05) is 6.54 Å². The van der Waals surface area contributed by atoms with Gasteiger partial charge in [0.25, 0.3) is 5.91 Å². The summed E-state index contributed by atoms with van der Waals surface area (Å²) >= 11 is 0. The van der Waals surface area contributed by atoms with E-state index in [0.29, 0.717) is 18.0 Å². The summed E-state index contributed by atoms with van der Waals surface area (Å²) in [6, 6.07) is 11.6. The molecule has 0 fully saturated rings. The first-order valence-electron chi connectivity index (χ1n) is 8.69. The molecular formula is C21H27NO4. The van der Waals surface area contributed by atoms with Crippen molar-refractivity contribution in [3.8, 4) is 17.2 Å². The van der Waals surface area contributed by atoms with Crippen molar-refractivity contribution in [3.05, 3.63) is 53.1 Å². The van der Waals surface area contributed by atoms with Gasteiger partial charge in [-0.3, -0.25) is 4.79 Å². The third kappa shape index (κ3) is 5.69. The molecule has 0 heterocycles. The molecule has 0 saturated carbocycles. The molecule has 0 radical (unpaired) electrons. The molecule has 0 bridgehead atoms. The Bertz CT molecular complexity index is 756. The average molecular weight is 357 g/mol. The van der Waals surface area contributed by atoms with E-state index in [1.165, 1.54) is 0 Å². The van der Waals surface area contributed by atoms with E-state index in [1.54, 1.807) is 7.11 Å². The average Bonchev–Trinajstić information content (AvgIpc) is 2.61. The Morgan fingerprint density at radius 2 is 1.81 bits per heavy atom. The minimum Gasteiger partial charge on any atom is -0.493 e. The molecule has 0 unspecified atom stereocenters. The molecule has 1 amide bonds. The van der Waals surface area contributed by atoms with Crippen molar-refractivity contribution in [1.29, 1.82) is 0 Å². The minimum atomic E-state index is -0.174. The SMILES string of the molecule is COc1cc(CNC(=O)COc2cc(C)ccc2C)ccc1OC(C)C. The molecule has 2 aromatic rings. The summed E-state index contributed by atoms with van der Waals surface area (Å²) in [5.41, 5.74) is 3.04. The third-order valence-corrected chi connectivity index (χ3v) is 3.78. The maximum atomic E-state index is 12.1. The van der Waals surface area contributed by atoms with Crippen molar-refractivity contribution in [1.82, 2.24) is 5.32 Å². The topological polar surface area (TPSA) is 56.8 Å². The lowest BCUT2D eigenvalue weighted by Crippen LogP contribution is -2.28. The summed E-state index contributed by atoms with van der Waals surface area (Å²) in [4.78, 5) is 12.1. The van der Waals surface area contributed by atoms with E-state index in [2.05, 4.69) is 5.32 Å². The van der Waals surface area contributed by atoms with Crippen molar-refractivity contribution in [2.75, 3.05) is 13.7 Å². The second kappa shape index (κ2) is 9.13. The number of nitrogens with one attached hydrogen (secondary N) is 1. The predicted octanol–water partition coefficient (Wildman–Crippen LogP) is 3.79. The molecule has 0 spiro atoms. The summed E-state index contributed by atoms with van der Waals surface area (Å²) in [6.45, 7) is 8.25. The monoisotopic (exact) mass is 357 g/mol. The highest BCUT2D eigenvalue weighted by Crippen LogP contribution is 2.29. The molecule has 5 nitrogen and oxygen atoms in total. The molecular weight excluding hydrogens is 330 g/mol. The van der Waals surface area contributed by atoms with E-state index in [1.807, 2.05) is 64.1 Å². The van der Waals surface area contributed by atoms with Crippen LogP contribution in [0.4, 0.5) is 0 Å². The summed E-state index contributed by atoms with van der Waals surface area (Å²) in [6.07, 6.45) is 0.0664. The molecule has 140 valence electrons. The van der Waals surface area contributed by atoms with Crippen molar-refractivity contribution in [3.63, 3.8) is 0 Å². The summed E-state index contributed by atoms with van der Waals surface area (Å²) in [5, 5.41) is 2.85. The fraction of sp³-hybridized carbons (Fsp3) is 0.381. The van der Waals surface area contributed by atoms with Crippen LogP contribution in [-0.4, -0.2) is 25.7 Å². The van der Waals surface area contributed by atoms with Crippen LogP contribution in [-0.2, 0) is 11.3 Å². The first kappa shape index (κ1) is 19.6. The summed E-state index contributed by atoms with van der Waals surface area (Å²) in [7, 11) is 1.60. The van der Waals surface area contributed by atoms with Gasteiger partial charge in [-0.2, -0.15) is 0 Å². The van der Waals surface area contributed by atoms with Crippen LogP contribution in [0.3, 0.4) is 0 Å². The highest BCUT2D eigenvalue weighted by molar-refractivity contribution is 5.77. The first-order chi connectivity index (χ1) is 12.4. The zero-order valence-electron chi connectivity index (χ0n) is 16.1. The van der Waals surface area contributed by atoms with Gasteiger partial charge in [-0.15, -0.1) is 0 Å². The summed E-state index contributed by atoms with van der Waals surface area (Å²) in [5.74, 6) is 1.90. The van der Waals surface area contributed by atoms with Gasteiger partial charge in [-0.05, 0) is 62.6 Å². The van der Waals surface area contributed by atoms with E-state index in [0.717, 1.165) is 22.4 Å². The van der Waals surface area contributed by atoms with Gasteiger partial charge in [-0.1, -0.05) is 18.2 Å². The molecule has 1 N–H and O–H groups in total. The van der Waals surface area contributed by atoms with Crippen LogP contribution in [0.25, 0.3) is 0 Å². The Labute approximate surface area is 155 Å². The highest BCUT2D eigenvalue weighted by atomic mass is 16.5. The van der Waals surface area contributed by atoms with Crippen LogP contribution in [0.2, 0.25) is 0 Å². The van der Waals surface area contributed by atoms with E-state index in [-0.39, 0.29) is 18.6 Å². The molecule has 2 rings (SSSR count). The number of carbonyl (C=O) groups is 1. The lowest BCUT2D eigenvalue weighted by atomic mass is 10.1. The van der Waals surface area contributed by atoms with E-state index in [9.17, 15) is 4.79 Å². The van der Waals surface area contributed by atoms with Crippen LogP contribution in [0.5, 0.6) is 17.2 Å². The fourth-order valence-corrected chi connectivity index (χ4v) is 2.43. The quantitative estimate of drug-likeness (QED) is 0.781. The Balaban J connectivity index is 1.89. The Morgan fingerprint density at radius 3 is 2.50 bits per heavy atom. The Hall–Kier alpha value is -2.69.